The fraction of sp³-hybridized carbons (Fsp3) is 0.125. The molecule has 7 heteroatoms. The largest absolute Gasteiger partial charge is 0.454 e. The standard InChI is InChI=1S/C16H12N2O5/c1-18-11-4-3-10(7-13(11)23-16(18)20)17-15(19)9-2-5-12-14(6-9)22-8-21-12/h2-7H,8H2,1H3,(H,17,19). The summed E-state index contributed by atoms with van der Waals surface area (Å²) in [6.07, 6.45) is 0. The van der Waals surface area contributed by atoms with E-state index in [0.717, 1.165) is 0 Å². The smallest absolute Gasteiger partial charge is 0.419 e. The maximum atomic E-state index is 12.3. The van der Waals surface area contributed by atoms with Crippen LogP contribution in [-0.2, 0) is 7.05 Å². The molecule has 1 aliphatic heterocycles. The number of aryl methyl sites for hydroxylation is 1. The Labute approximate surface area is 130 Å². The number of nitrogens with one attached hydrogen (secondary N) is 1. The van der Waals surface area contributed by atoms with E-state index in [-0.39, 0.29) is 12.7 Å². The summed E-state index contributed by atoms with van der Waals surface area (Å²) in [4.78, 5) is 23.8. The zero-order valence-corrected chi connectivity index (χ0v) is 12.2. The van der Waals surface area contributed by atoms with Crippen LogP contribution in [0.1, 0.15) is 10.4 Å². The van der Waals surface area contributed by atoms with Crippen LogP contribution in [0.15, 0.2) is 45.6 Å². The van der Waals surface area contributed by atoms with Crippen LogP contribution >= 0.6 is 0 Å². The van der Waals surface area contributed by atoms with E-state index >= 15 is 0 Å². The van der Waals surface area contributed by atoms with Gasteiger partial charge in [-0.15, -0.1) is 0 Å². The number of hydrogen-bond donors (Lipinski definition) is 1. The van der Waals surface area contributed by atoms with E-state index in [1.165, 1.54) is 4.57 Å². The van der Waals surface area contributed by atoms with Gasteiger partial charge in [0.1, 0.15) is 0 Å². The minimum atomic E-state index is -0.445. The molecule has 0 fully saturated rings. The van der Waals surface area contributed by atoms with Gasteiger partial charge in [0.25, 0.3) is 5.91 Å². The Bertz CT molecular complexity index is 986. The van der Waals surface area contributed by atoms with Gasteiger partial charge in [0, 0.05) is 24.4 Å². The topological polar surface area (TPSA) is 82.7 Å². The summed E-state index contributed by atoms with van der Waals surface area (Å²) in [6.45, 7) is 0.157. The van der Waals surface area contributed by atoms with Crippen LogP contribution in [0, 0.1) is 0 Å². The molecule has 116 valence electrons. The van der Waals surface area contributed by atoms with Gasteiger partial charge >= 0.3 is 5.76 Å². The maximum absolute atomic E-state index is 12.3. The molecule has 1 amide bonds. The fourth-order valence-electron chi connectivity index (χ4n) is 2.45. The Morgan fingerprint density at radius 3 is 2.83 bits per heavy atom. The van der Waals surface area contributed by atoms with Gasteiger partial charge in [-0.1, -0.05) is 0 Å². The van der Waals surface area contributed by atoms with E-state index in [1.807, 2.05) is 0 Å². The second-order valence-corrected chi connectivity index (χ2v) is 5.13. The Morgan fingerprint density at radius 1 is 1.13 bits per heavy atom. The molecule has 0 saturated carbocycles. The molecule has 0 spiro atoms. The number of ether oxygens (including phenoxy) is 2. The van der Waals surface area contributed by atoms with Gasteiger partial charge in [0.15, 0.2) is 17.1 Å². The number of anilines is 1. The van der Waals surface area contributed by atoms with Crippen molar-refractivity contribution in [2.24, 2.45) is 7.05 Å². The Kier molecular flexibility index (Phi) is 2.87. The number of amides is 1. The van der Waals surface area contributed by atoms with E-state index in [1.54, 1.807) is 43.4 Å². The molecular formula is C16H12N2O5. The zero-order chi connectivity index (χ0) is 16.0. The molecule has 4 rings (SSSR count). The predicted octanol–water partition coefficient (Wildman–Crippen LogP) is 2.11. The van der Waals surface area contributed by atoms with Crippen molar-refractivity contribution >= 4 is 22.7 Å². The first-order valence-corrected chi connectivity index (χ1v) is 6.92. The Morgan fingerprint density at radius 2 is 1.96 bits per heavy atom. The van der Waals surface area contributed by atoms with Crippen LogP contribution in [0.2, 0.25) is 0 Å². The monoisotopic (exact) mass is 312 g/mol. The molecule has 0 atom stereocenters. The van der Waals surface area contributed by atoms with E-state index < -0.39 is 5.76 Å². The lowest BCUT2D eigenvalue weighted by Gasteiger charge is -2.06. The van der Waals surface area contributed by atoms with Crippen LogP contribution in [0.25, 0.3) is 11.1 Å². The molecule has 3 aromatic rings. The summed E-state index contributed by atoms with van der Waals surface area (Å²) in [5, 5.41) is 2.76. The van der Waals surface area contributed by atoms with E-state index in [2.05, 4.69) is 5.32 Å². The lowest BCUT2D eigenvalue weighted by Crippen LogP contribution is -2.11. The average Bonchev–Trinajstić information content (AvgIpc) is 3.11. The van der Waals surface area contributed by atoms with Crippen LogP contribution in [0.4, 0.5) is 5.69 Å². The van der Waals surface area contributed by atoms with Crippen molar-refractivity contribution in [3.05, 3.63) is 52.5 Å². The normalized spacial score (nSPS) is 12.6. The lowest BCUT2D eigenvalue weighted by atomic mass is 10.2. The molecule has 0 aliphatic carbocycles. The molecule has 1 N–H and O–H groups in total. The van der Waals surface area contributed by atoms with Crippen molar-refractivity contribution in [3.8, 4) is 11.5 Å². The number of hydrogen-bond acceptors (Lipinski definition) is 5. The summed E-state index contributed by atoms with van der Waals surface area (Å²) < 4.78 is 17.0. The molecule has 0 radical (unpaired) electrons. The van der Waals surface area contributed by atoms with Gasteiger partial charge in [0.2, 0.25) is 6.79 Å². The third-order valence-electron chi connectivity index (χ3n) is 3.68. The molecule has 0 unspecified atom stereocenters. The molecule has 0 bridgehead atoms. The van der Waals surface area contributed by atoms with Crippen LogP contribution in [0.3, 0.4) is 0 Å². The number of carbonyl (C=O) groups excluding carboxylic acids is 1. The maximum Gasteiger partial charge on any atom is 0.419 e. The van der Waals surface area contributed by atoms with E-state index in [9.17, 15) is 9.59 Å². The number of benzene rings is 2. The van der Waals surface area contributed by atoms with Gasteiger partial charge in [-0.3, -0.25) is 9.36 Å². The minimum absolute atomic E-state index is 0.157. The number of carbonyl (C=O) groups is 1. The molecule has 1 aromatic heterocycles. The van der Waals surface area contributed by atoms with Crippen LogP contribution in [-0.4, -0.2) is 17.3 Å². The van der Waals surface area contributed by atoms with Crippen molar-refractivity contribution in [3.63, 3.8) is 0 Å². The van der Waals surface area contributed by atoms with Crippen LogP contribution < -0.4 is 20.5 Å². The Balaban J connectivity index is 1.62. The second-order valence-electron chi connectivity index (χ2n) is 5.13. The van der Waals surface area contributed by atoms with Crippen molar-refractivity contribution in [1.82, 2.24) is 4.57 Å². The summed E-state index contributed by atoms with van der Waals surface area (Å²) in [5.41, 5.74) is 2.07. The van der Waals surface area contributed by atoms with Gasteiger partial charge in [-0.25, -0.2) is 4.79 Å². The fourth-order valence-corrected chi connectivity index (χ4v) is 2.45. The van der Waals surface area contributed by atoms with Crippen molar-refractivity contribution in [1.29, 1.82) is 0 Å². The SMILES string of the molecule is Cn1c(=O)oc2cc(NC(=O)c3ccc4c(c3)OCO4)ccc21. The first-order valence-electron chi connectivity index (χ1n) is 6.92. The molecular weight excluding hydrogens is 300 g/mol. The minimum Gasteiger partial charge on any atom is -0.454 e. The number of oxazole rings is 1. The number of nitrogens with zero attached hydrogens (tertiary/aromatic N) is 1. The van der Waals surface area contributed by atoms with Crippen molar-refractivity contribution in [2.75, 3.05) is 12.1 Å². The highest BCUT2D eigenvalue weighted by Gasteiger charge is 2.16. The molecule has 0 saturated heterocycles. The third-order valence-corrected chi connectivity index (χ3v) is 3.68. The summed E-state index contributed by atoms with van der Waals surface area (Å²) in [6, 6.07) is 10.0. The van der Waals surface area contributed by atoms with Crippen LogP contribution in [0.5, 0.6) is 11.5 Å². The lowest BCUT2D eigenvalue weighted by molar-refractivity contribution is 0.102. The number of aromatic nitrogens is 1. The van der Waals surface area contributed by atoms with E-state index in [0.29, 0.717) is 33.8 Å². The van der Waals surface area contributed by atoms with Gasteiger partial charge in [0.05, 0.1) is 5.52 Å². The molecule has 2 heterocycles. The molecule has 2 aromatic carbocycles. The Hall–Kier alpha value is -3.22. The summed E-state index contributed by atoms with van der Waals surface area (Å²) in [5.74, 6) is 0.427. The number of rotatable bonds is 2. The number of fused-ring (bicyclic) bond motifs is 2. The highest BCUT2D eigenvalue weighted by Crippen LogP contribution is 2.32. The van der Waals surface area contributed by atoms with E-state index in [4.69, 9.17) is 13.9 Å². The highest BCUT2D eigenvalue weighted by molar-refractivity contribution is 6.05. The average molecular weight is 312 g/mol. The molecule has 7 nitrogen and oxygen atoms in total. The summed E-state index contributed by atoms with van der Waals surface area (Å²) >= 11 is 0. The summed E-state index contributed by atoms with van der Waals surface area (Å²) in [7, 11) is 1.62. The van der Waals surface area contributed by atoms with Crippen molar-refractivity contribution < 1.29 is 18.7 Å². The quantitative estimate of drug-likeness (QED) is 0.783. The second kappa shape index (κ2) is 4.91. The first kappa shape index (κ1) is 13.4. The highest BCUT2D eigenvalue weighted by atomic mass is 16.7. The molecule has 1 aliphatic rings. The van der Waals surface area contributed by atoms with Crippen molar-refractivity contribution in [2.45, 2.75) is 0 Å². The molecule has 23 heavy (non-hydrogen) atoms. The van der Waals surface area contributed by atoms with Gasteiger partial charge in [-0.2, -0.15) is 0 Å². The zero-order valence-electron chi connectivity index (χ0n) is 12.2. The predicted molar refractivity (Wildman–Crippen MR) is 82.0 cm³/mol. The first-order chi connectivity index (χ1) is 11.1. The van der Waals surface area contributed by atoms with Gasteiger partial charge in [-0.05, 0) is 30.3 Å². The van der Waals surface area contributed by atoms with Gasteiger partial charge < -0.3 is 19.2 Å². The third kappa shape index (κ3) is 2.22.